The first kappa shape index (κ1) is 14.3. The summed E-state index contributed by atoms with van der Waals surface area (Å²) in [5.41, 5.74) is 2.29. The Labute approximate surface area is 122 Å². The van der Waals surface area contributed by atoms with E-state index in [0.717, 1.165) is 12.1 Å². The SMILES string of the molecule is CCc1ccc(N(C)c2cc(C(=O)O)cc(Cl)n2)cc1. The molecule has 1 aromatic carbocycles. The molecule has 20 heavy (non-hydrogen) atoms. The van der Waals surface area contributed by atoms with Crippen LogP contribution in [-0.4, -0.2) is 23.1 Å². The molecule has 0 amide bonds. The standard InChI is InChI=1S/C15H15ClN2O2/c1-3-10-4-6-12(7-5-10)18(2)14-9-11(15(19)20)8-13(16)17-14/h4-9H,3H2,1-2H3,(H,19,20). The van der Waals surface area contributed by atoms with Crippen molar-refractivity contribution < 1.29 is 9.90 Å². The molecular formula is C15H15ClN2O2. The Kier molecular flexibility index (Phi) is 4.25. The number of pyridine rings is 1. The number of carboxylic acid groups (broad SMARTS) is 1. The van der Waals surface area contributed by atoms with E-state index in [1.54, 1.807) is 4.90 Å². The third-order valence-corrected chi connectivity index (χ3v) is 3.30. The zero-order valence-electron chi connectivity index (χ0n) is 11.3. The van der Waals surface area contributed by atoms with Crippen LogP contribution in [0.4, 0.5) is 11.5 Å². The van der Waals surface area contributed by atoms with Crippen molar-refractivity contribution in [2.45, 2.75) is 13.3 Å². The molecule has 0 aliphatic carbocycles. The summed E-state index contributed by atoms with van der Waals surface area (Å²) in [6, 6.07) is 10.9. The van der Waals surface area contributed by atoms with Crippen LogP contribution >= 0.6 is 11.6 Å². The van der Waals surface area contributed by atoms with Crippen LogP contribution in [0, 0.1) is 0 Å². The van der Waals surface area contributed by atoms with Crippen LogP contribution in [-0.2, 0) is 6.42 Å². The smallest absolute Gasteiger partial charge is 0.335 e. The minimum atomic E-state index is -1.02. The summed E-state index contributed by atoms with van der Waals surface area (Å²) < 4.78 is 0. The molecule has 104 valence electrons. The van der Waals surface area contributed by atoms with E-state index < -0.39 is 5.97 Å². The second-order valence-electron chi connectivity index (χ2n) is 4.42. The second kappa shape index (κ2) is 5.92. The molecule has 0 saturated heterocycles. The van der Waals surface area contributed by atoms with Crippen molar-refractivity contribution in [2.24, 2.45) is 0 Å². The minimum absolute atomic E-state index is 0.122. The third kappa shape index (κ3) is 3.08. The molecule has 0 aliphatic heterocycles. The van der Waals surface area contributed by atoms with Gasteiger partial charge in [-0.25, -0.2) is 9.78 Å². The van der Waals surface area contributed by atoms with Crippen LogP contribution in [0.15, 0.2) is 36.4 Å². The monoisotopic (exact) mass is 290 g/mol. The zero-order chi connectivity index (χ0) is 14.7. The summed E-state index contributed by atoms with van der Waals surface area (Å²) in [5, 5.41) is 9.21. The highest BCUT2D eigenvalue weighted by Gasteiger charge is 2.11. The number of carboxylic acids is 1. The van der Waals surface area contributed by atoms with E-state index in [0.29, 0.717) is 5.82 Å². The van der Waals surface area contributed by atoms with Gasteiger partial charge in [0.25, 0.3) is 0 Å². The molecule has 5 heteroatoms. The highest BCUT2D eigenvalue weighted by Crippen LogP contribution is 2.25. The van der Waals surface area contributed by atoms with Crippen molar-refractivity contribution in [3.8, 4) is 0 Å². The average Bonchev–Trinajstić information content (AvgIpc) is 2.46. The van der Waals surface area contributed by atoms with Gasteiger partial charge in [0, 0.05) is 12.7 Å². The van der Waals surface area contributed by atoms with Gasteiger partial charge in [-0.1, -0.05) is 30.7 Å². The van der Waals surface area contributed by atoms with Crippen molar-refractivity contribution >= 4 is 29.1 Å². The van der Waals surface area contributed by atoms with Gasteiger partial charge in [-0.2, -0.15) is 0 Å². The first-order chi connectivity index (χ1) is 9.51. The lowest BCUT2D eigenvalue weighted by atomic mass is 10.1. The van der Waals surface area contributed by atoms with E-state index in [1.165, 1.54) is 17.7 Å². The summed E-state index contributed by atoms with van der Waals surface area (Å²) in [6.45, 7) is 2.09. The Bertz CT molecular complexity index is 626. The topological polar surface area (TPSA) is 53.4 Å². The van der Waals surface area contributed by atoms with Crippen molar-refractivity contribution in [1.82, 2.24) is 4.98 Å². The van der Waals surface area contributed by atoms with Crippen LogP contribution < -0.4 is 4.90 Å². The fourth-order valence-electron chi connectivity index (χ4n) is 1.87. The predicted octanol–water partition coefficient (Wildman–Crippen LogP) is 3.76. The van der Waals surface area contributed by atoms with Crippen molar-refractivity contribution in [1.29, 1.82) is 0 Å². The van der Waals surface area contributed by atoms with Crippen LogP contribution in [0.2, 0.25) is 5.15 Å². The van der Waals surface area contributed by atoms with Gasteiger partial charge < -0.3 is 10.0 Å². The van der Waals surface area contributed by atoms with Crippen LogP contribution in [0.25, 0.3) is 0 Å². The molecule has 0 unspecified atom stereocenters. The molecule has 2 rings (SSSR count). The number of aromatic carboxylic acids is 1. The van der Waals surface area contributed by atoms with Crippen LogP contribution in [0.5, 0.6) is 0 Å². The molecule has 0 bridgehead atoms. The molecule has 0 spiro atoms. The summed E-state index contributed by atoms with van der Waals surface area (Å²) >= 11 is 5.87. The number of halogens is 1. The number of rotatable bonds is 4. The Morgan fingerprint density at radius 2 is 1.95 bits per heavy atom. The molecule has 2 aromatic rings. The minimum Gasteiger partial charge on any atom is -0.478 e. The molecule has 0 aliphatic rings. The molecule has 1 heterocycles. The third-order valence-electron chi connectivity index (χ3n) is 3.10. The van der Waals surface area contributed by atoms with Gasteiger partial charge in [0.2, 0.25) is 0 Å². The fourth-order valence-corrected chi connectivity index (χ4v) is 2.07. The Morgan fingerprint density at radius 1 is 1.30 bits per heavy atom. The fraction of sp³-hybridized carbons (Fsp3) is 0.200. The molecule has 1 N–H and O–H groups in total. The first-order valence-electron chi connectivity index (χ1n) is 6.25. The molecule has 1 aromatic heterocycles. The maximum Gasteiger partial charge on any atom is 0.335 e. The molecule has 0 fully saturated rings. The summed E-state index contributed by atoms with van der Waals surface area (Å²) in [5.74, 6) is -0.524. The predicted molar refractivity (Wildman–Crippen MR) is 80.1 cm³/mol. The number of aromatic nitrogens is 1. The first-order valence-corrected chi connectivity index (χ1v) is 6.62. The number of benzene rings is 1. The van der Waals surface area contributed by atoms with Crippen molar-refractivity contribution in [2.75, 3.05) is 11.9 Å². The average molecular weight is 291 g/mol. The lowest BCUT2D eigenvalue weighted by molar-refractivity contribution is 0.0697. The number of anilines is 2. The zero-order valence-corrected chi connectivity index (χ0v) is 12.1. The van der Waals surface area contributed by atoms with E-state index in [-0.39, 0.29) is 10.7 Å². The lowest BCUT2D eigenvalue weighted by Gasteiger charge is -2.19. The summed E-state index contributed by atoms with van der Waals surface area (Å²) in [7, 11) is 1.82. The number of nitrogens with zero attached hydrogens (tertiary/aromatic N) is 2. The van der Waals surface area contributed by atoms with Gasteiger partial charge in [0.1, 0.15) is 11.0 Å². The van der Waals surface area contributed by atoms with E-state index in [1.807, 2.05) is 31.3 Å². The van der Waals surface area contributed by atoms with Gasteiger partial charge in [-0.05, 0) is 36.2 Å². The molecular weight excluding hydrogens is 276 g/mol. The second-order valence-corrected chi connectivity index (χ2v) is 4.81. The number of carbonyl (C=O) groups is 1. The quantitative estimate of drug-likeness (QED) is 0.871. The number of hydrogen-bond acceptors (Lipinski definition) is 3. The number of aryl methyl sites for hydroxylation is 1. The maximum atomic E-state index is 11.0. The summed E-state index contributed by atoms with van der Waals surface area (Å²) in [6.07, 6.45) is 0.975. The van der Waals surface area contributed by atoms with Crippen molar-refractivity contribution in [3.05, 3.63) is 52.7 Å². The van der Waals surface area contributed by atoms with Gasteiger partial charge in [0.15, 0.2) is 0 Å². The molecule has 0 saturated carbocycles. The normalized spacial score (nSPS) is 10.3. The molecule has 0 atom stereocenters. The highest BCUT2D eigenvalue weighted by atomic mass is 35.5. The number of hydrogen-bond donors (Lipinski definition) is 1. The maximum absolute atomic E-state index is 11.0. The van der Waals surface area contributed by atoms with Crippen LogP contribution in [0.1, 0.15) is 22.8 Å². The highest BCUT2D eigenvalue weighted by molar-refractivity contribution is 6.29. The van der Waals surface area contributed by atoms with E-state index in [2.05, 4.69) is 11.9 Å². The van der Waals surface area contributed by atoms with Gasteiger partial charge in [-0.15, -0.1) is 0 Å². The van der Waals surface area contributed by atoms with Gasteiger partial charge >= 0.3 is 5.97 Å². The largest absolute Gasteiger partial charge is 0.478 e. The summed E-state index contributed by atoms with van der Waals surface area (Å²) in [4.78, 5) is 17.0. The molecule has 0 radical (unpaired) electrons. The van der Waals surface area contributed by atoms with Gasteiger partial charge in [0.05, 0.1) is 5.56 Å². The lowest BCUT2D eigenvalue weighted by Crippen LogP contribution is -2.12. The van der Waals surface area contributed by atoms with Gasteiger partial charge in [-0.3, -0.25) is 0 Å². The van der Waals surface area contributed by atoms with E-state index >= 15 is 0 Å². The van der Waals surface area contributed by atoms with Crippen molar-refractivity contribution in [3.63, 3.8) is 0 Å². The van der Waals surface area contributed by atoms with E-state index in [4.69, 9.17) is 16.7 Å². The Hall–Kier alpha value is -2.07. The molecule has 4 nitrogen and oxygen atoms in total. The van der Waals surface area contributed by atoms with Crippen LogP contribution in [0.3, 0.4) is 0 Å². The Morgan fingerprint density at radius 3 is 2.50 bits per heavy atom. The Balaban J connectivity index is 2.36. The van der Waals surface area contributed by atoms with E-state index in [9.17, 15) is 4.79 Å².